The van der Waals surface area contributed by atoms with Crippen molar-refractivity contribution in [3.05, 3.63) is 107 Å². The van der Waals surface area contributed by atoms with Gasteiger partial charge in [-0.2, -0.15) is 0 Å². The monoisotopic (exact) mass is 548 g/mol. The SMILES string of the molecule is CC1CN(Cc2cc(F)cc(F)c2F)CC(C)N1C(=O)c1ccc(NOCCc2cccc3cccnc23)cc1. The van der Waals surface area contributed by atoms with Crippen LogP contribution in [0.15, 0.2) is 72.9 Å². The first kappa shape index (κ1) is 27.6. The minimum absolute atomic E-state index is 0.0317. The van der Waals surface area contributed by atoms with Gasteiger partial charge >= 0.3 is 0 Å². The fraction of sp³-hybridized carbons (Fsp3) is 0.290. The summed E-state index contributed by atoms with van der Waals surface area (Å²) in [6.07, 6.45) is 2.48. The molecule has 0 radical (unpaired) electrons. The smallest absolute Gasteiger partial charge is 0.254 e. The van der Waals surface area contributed by atoms with Crippen molar-refractivity contribution in [3.63, 3.8) is 0 Å². The standard InChI is InChI=1S/C31H31F3N4O2/c1-20-17-37(19-25-15-26(32)16-28(33)29(25)34)18-21(2)38(20)31(39)24-8-10-27(11-9-24)36-40-14-12-23-6-3-5-22-7-4-13-35-30(22)23/h3-11,13,15-16,20-21,36H,12,14,17-19H2,1-2H3. The maximum atomic E-state index is 14.2. The quantitative estimate of drug-likeness (QED) is 0.167. The van der Waals surface area contributed by atoms with Crippen molar-refractivity contribution in [1.82, 2.24) is 14.8 Å². The highest BCUT2D eigenvalue weighted by atomic mass is 19.2. The van der Waals surface area contributed by atoms with E-state index in [0.717, 1.165) is 28.2 Å². The molecular formula is C31H31F3N4O2. The number of amides is 1. The number of benzene rings is 3. The van der Waals surface area contributed by atoms with E-state index in [1.54, 1.807) is 35.4 Å². The van der Waals surface area contributed by atoms with Crippen LogP contribution in [0.5, 0.6) is 0 Å². The lowest BCUT2D eigenvalue weighted by Crippen LogP contribution is -2.58. The van der Waals surface area contributed by atoms with E-state index in [1.165, 1.54) is 0 Å². The number of para-hydroxylation sites is 1. The van der Waals surface area contributed by atoms with Gasteiger partial charge in [-0.25, -0.2) is 13.2 Å². The lowest BCUT2D eigenvalue weighted by molar-refractivity contribution is 0.0265. The molecule has 1 aliphatic rings. The van der Waals surface area contributed by atoms with Crippen molar-refractivity contribution in [2.24, 2.45) is 0 Å². The molecule has 1 aliphatic heterocycles. The van der Waals surface area contributed by atoms with Crippen molar-refractivity contribution in [1.29, 1.82) is 0 Å². The van der Waals surface area contributed by atoms with E-state index in [4.69, 9.17) is 4.84 Å². The molecule has 1 aromatic heterocycles. The summed E-state index contributed by atoms with van der Waals surface area (Å²) in [5, 5.41) is 1.09. The summed E-state index contributed by atoms with van der Waals surface area (Å²) in [5.41, 5.74) is 6.24. The predicted molar refractivity (Wildman–Crippen MR) is 148 cm³/mol. The van der Waals surface area contributed by atoms with Crippen molar-refractivity contribution in [3.8, 4) is 0 Å². The van der Waals surface area contributed by atoms with Crippen LogP contribution >= 0.6 is 0 Å². The van der Waals surface area contributed by atoms with Crippen molar-refractivity contribution in [2.75, 3.05) is 25.2 Å². The molecule has 0 saturated carbocycles. The number of halogens is 3. The van der Waals surface area contributed by atoms with Gasteiger partial charge in [0, 0.05) is 66.9 Å². The summed E-state index contributed by atoms with van der Waals surface area (Å²) in [5.74, 6) is -3.16. The normalized spacial score (nSPS) is 17.8. The van der Waals surface area contributed by atoms with Crippen LogP contribution in [-0.4, -0.2) is 52.5 Å². The Morgan fingerprint density at radius 3 is 2.45 bits per heavy atom. The summed E-state index contributed by atoms with van der Waals surface area (Å²) < 4.78 is 41.4. The number of carbonyl (C=O) groups is 1. The largest absolute Gasteiger partial charge is 0.331 e. The van der Waals surface area contributed by atoms with Gasteiger partial charge in [0.2, 0.25) is 0 Å². The molecule has 0 aliphatic carbocycles. The van der Waals surface area contributed by atoms with Crippen LogP contribution in [0.3, 0.4) is 0 Å². The highest BCUT2D eigenvalue weighted by Gasteiger charge is 2.33. The van der Waals surface area contributed by atoms with Gasteiger partial charge in [-0.3, -0.25) is 25.0 Å². The molecule has 3 aromatic carbocycles. The van der Waals surface area contributed by atoms with Gasteiger partial charge in [-0.1, -0.05) is 24.3 Å². The van der Waals surface area contributed by atoms with E-state index in [9.17, 15) is 18.0 Å². The lowest BCUT2D eigenvalue weighted by Gasteiger charge is -2.44. The molecule has 4 aromatic rings. The molecule has 1 fully saturated rings. The van der Waals surface area contributed by atoms with Gasteiger partial charge in [0.1, 0.15) is 5.82 Å². The number of nitrogens with zero attached hydrogens (tertiary/aromatic N) is 3. The summed E-state index contributed by atoms with van der Waals surface area (Å²) in [4.78, 5) is 27.2. The maximum absolute atomic E-state index is 14.2. The number of aromatic nitrogens is 1. The van der Waals surface area contributed by atoms with Gasteiger partial charge in [0.15, 0.2) is 11.6 Å². The number of carbonyl (C=O) groups excluding carboxylic acids is 1. The third kappa shape index (κ3) is 6.11. The Labute approximate surface area is 231 Å². The molecule has 208 valence electrons. The Bertz CT molecular complexity index is 1480. The van der Waals surface area contributed by atoms with Crippen LogP contribution in [0.1, 0.15) is 35.3 Å². The summed E-state index contributed by atoms with van der Waals surface area (Å²) in [6, 6.07) is 18.3. The molecule has 1 amide bonds. The average molecular weight is 549 g/mol. The lowest BCUT2D eigenvalue weighted by atomic mass is 10.0. The second-order valence-electron chi connectivity index (χ2n) is 10.2. The number of pyridine rings is 1. The Morgan fingerprint density at radius 1 is 0.975 bits per heavy atom. The van der Waals surface area contributed by atoms with E-state index in [-0.39, 0.29) is 30.1 Å². The minimum Gasteiger partial charge on any atom is -0.331 e. The summed E-state index contributed by atoms with van der Waals surface area (Å²) >= 11 is 0. The highest BCUT2D eigenvalue weighted by Crippen LogP contribution is 2.24. The highest BCUT2D eigenvalue weighted by molar-refractivity contribution is 5.95. The number of anilines is 1. The zero-order valence-electron chi connectivity index (χ0n) is 22.4. The number of rotatable bonds is 8. The molecule has 5 rings (SSSR count). The first-order valence-corrected chi connectivity index (χ1v) is 13.3. The molecule has 0 bridgehead atoms. The summed E-state index contributed by atoms with van der Waals surface area (Å²) in [7, 11) is 0. The zero-order chi connectivity index (χ0) is 28.2. The fourth-order valence-corrected chi connectivity index (χ4v) is 5.42. The third-order valence-electron chi connectivity index (χ3n) is 7.20. The Morgan fingerprint density at radius 2 is 1.70 bits per heavy atom. The number of hydrogen-bond acceptors (Lipinski definition) is 5. The molecule has 2 heterocycles. The van der Waals surface area contributed by atoms with Crippen LogP contribution in [0.25, 0.3) is 10.9 Å². The molecular weight excluding hydrogens is 517 g/mol. The Hall–Kier alpha value is -3.95. The second kappa shape index (κ2) is 12.1. The molecule has 1 N–H and O–H groups in total. The predicted octanol–water partition coefficient (Wildman–Crippen LogP) is 5.97. The number of nitrogens with one attached hydrogen (secondary N) is 1. The molecule has 2 unspecified atom stereocenters. The van der Waals surface area contributed by atoms with Gasteiger partial charge in [0.25, 0.3) is 5.91 Å². The van der Waals surface area contributed by atoms with Gasteiger partial charge in [-0.05, 0) is 55.8 Å². The van der Waals surface area contributed by atoms with Crippen LogP contribution in [-0.2, 0) is 17.8 Å². The van der Waals surface area contributed by atoms with Crippen LogP contribution in [0.2, 0.25) is 0 Å². The fourth-order valence-electron chi connectivity index (χ4n) is 5.42. The maximum Gasteiger partial charge on any atom is 0.254 e. The van der Waals surface area contributed by atoms with Gasteiger partial charge in [0.05, 0.1) is 17.8 Å². The van der Waals surface area contributed by atoms with Gasteiger partial charge in [-0.15, -0.1) is 0 Å². The van der Waals surface area contributed by atoms with Crippen LogP contribution < -0.4 is 5.48 Å². The molecule has 1 saturated heterocycles. The minimum atomic E-state index is -1.20. The second-order valence-corrected chi connectivity index (χ2v) is 10.2. The van der Waals surface area contributed by atoms with Crippen LogP contribution in [0, 0.1) is 17.5 Å². The molecule has 40 heavy (non-hydrogen) atoms. The average Bonchev–Trinajstić information content (AvgIpc) is 2.93. The molecule has 0 spiro atoms. The zero-order valence-corrected chi connectivity index (χ0v) is 22.4. The van der Waals surface area contributed by atoms with E-state index < -0.39 is 17.5 Å². The van der Waals surface area contributed by atoms with E-state index in [0.29, 0.717) is 37.7 Å². The van der Waals surface area contributed by atoms with Crippen LogP contribution in [0.4, 0.5) is 18.9 Å². The third-order valence-corrected chi connectivity index (χ3v) is 7.20. The molecule has 9 heteroatoms. The van der Waals surface area contributed by atoms with Crippen molar-refractivity contribution >= 4 is 22.5 Å². The molecule has 2 atom stereocenters. The number of fused-ring (bicyclic) bond motifs is 1. The first-order valence-electron chi connectivity index (χ1n) is 13.3. The van der Waals surface area contributed by atoms with Crippen molar-refractivity contribution in [2.45, 2.75) is 38.9 Å². The van der Waals surface area contributed by atoms with Gasteiger partial charge < -0.3 is 4.90 Å². The molecule has 6 nitrogen and oxygen atoms in total. The van der Waals surface area contributed by atoms with E-state index >= 15 is 0 Å². The van der Waals surface area contributed by atoms with Crippen molar-refractivity contribution < 1.29 is 22.8 Å². The number of hydrogen-bond donors (Lipinski definition) is 1. The first-order chi connectivity index (χ1) is 19.3. The van der Waals surface area contributed by atoms with E-state index in [1.807, 2.05) is 49.1 Å². The Kier molecular flexibility index (Phi) is 8.32. The Balaban J connectivity index is 1.14. The summed E-state index contributed by atoms with van der Waals surface area (Å²) in [6.45, 7) is 5.24. The number of piperazine rings is 1. The van der Waals surface area contributed by atoms with E-state index in [2.05, 4.69) is 10.5 Å². The topological polar surface area (TPSA) is 57.7 Å².